The molecule has 27 heavy (non-hydrogen) atoms. The Morgan fingerprint density at radius 3 is 2.93 bits per heavy atom. The Morgan fingerprint density at radius 2 is 2.07 bits per heavy atom. The molecular weight excluding hydrogens is 374 g/mol. The van der Waals surface area contributed by atoms with E-state index < -0.39 is 0 Å². The highest BCUT2D eigenvalue weighted by molar-refractivity contribution is 8.00. The number of rotatable bonds is 6. The van der Waals surface area contributed by atoms with E-state index in [1.165, 1.54) is 45.1 Å². The highest BCUT2D eigenvalue weighted by atomic mass is 32.2. The smallest absolute Gasteiger partial charge is 0.230 e. The van der Waals surface area contributed by atoms with Crippen molar-refractivity contribution in [1.29, 1.82) is 0 Å². The maximum atomic E-state index is 12.3. The molecule has 2 aromatic heterocycles. The molecule has 4 nitrogen and oxygen atoms in total. The Hall–Kier alpha value is -1.92. The zero-order valence-corrected chi connectivity index (χ0v) is 17.3. The van der Waals surface area contributed by atoms with Crippen molar-refractivity contribution in [3.63, 3.8) is 0 Å². The molecule has 0 atom stereocenters. The van der Waals surface area contributed by atoms with Gasteiger partial charge in [-0.15, -0.1) is 11.3 Å². The number of amides is 1. The summed E-state index contributed by atoms with van der Waals surface area (Å²) in [5.74, 6) is 1.24. The van der Waals surface area contributed by atoms with Crippen LogP contribution in [0.15, 0.2) is 29.3 Å². The molecule has 140 valence electrons. The first-order chi connectivity index (χ1) is 13.1. The number of benzene rings is 1. The molecule has 0 unspecified atom stereocenters. The summed E-state index contributed by atoms with van der Waals surface area (Å²) < 4.78 is 0. The number of fused-ring (bicyclic) bond motifs is 3. The number of thioether (sulfide) groups is 1. The molecule has 3 aromatic rings. The molecule has 0 saturated heterocycles. The predicted molar refractivity (Wildman–Crippen MR) is 113 cm³/mol. The number of thiophene rings is 1. The van der Waals surface area contributed by atoms with E-state index in [0.717, 1.165) is 34.9 Å². The van der Waals surface area contributed by atoms with Crippen LogP contribution in [0.5, 0.6) is 0 Å². The first-order valence-electron chi connectivity index (χ1n) is 9.34. The van der Waals surface area contributed by atoms with Crippen LogP contribution in [-0.4, -0.2) is 28.2 Å². The Bertz CT molecular complexity index is 997. The van der Waals surface area contributed by atoms with Crippen molar-refractivity contribution in [2.45, 2.75) is 44.6 Å². The second kappa shape index (κ2) is 7.98. The first-order valence-corrected chi connectivity index (χ1v) is 11.1. The summed E-state index contributed by atoms with van der Waals surface area (Å²) in [6.07, 6.45) is 4.34. The average molecular weight is 398 g/mol. The summed E-state index contributed by atoms with van der Waals surface area (Å²) in [5.41, 5.74) is 3.97. The lowest BCUT2D eigenvalue weighted by molar-refractivity contribution is -0.118. The first kappa shape index (κ1) is 18.4. The molecule has 0 fully saturated rings. The molecule has 0 aliphatic heterocycles. The van der Waals surface area contributed by atoms with Crippen LogP contribution in [0.2, 0.25) is 0 Å². The number of aromatic nitrogens is 2. The maximum Gasteiger partial charge on any atom is 0.230 e. The van der Waals surface area contributed by atoms with Gasteiger partial charge >= 0.3 is 0 Å². The molecule has 1 aromatic carbocycles. The molecule has 4 rings (SSSR count). The monoisotopic (exact) mass is 397 g/mol. The number of aryl methyl sites for hydroxylation is 4. The van der Waals surface area contributed by atoms with Gasteiger partial charge in [-0.3, -0.25) is 4.79 Å². The average Bonchev–Trinajstić information content (AvgIpc) is 3.22. The zero-order valence-electron chi connectivity index (χ0n) is 15.7. The summed E-state index contributed by atoms with van der Waals surface area (Å²) in [6.45, 7) is 4.70. The second-order valence-corrected chi connectivity index (χ2v) is 8.98. The van der Waals surface area contributed by atoms with Crippen molar-refractivity contribution in [3.05, 3.63) is 51.7 Å². The Kier molecular flexibility index (Phi) is 5.45. The van der Waals surface area contributed by atoms with Crippen molar-refractivity contribution >= 4 is 39.2 Å². The van der Waals surface area contributed by atoms with E-state index in [2.05, 4.69) is 34.3 Å². The molecular formula is C21H23N3OS2. The van der Waals surface area contributed by atoms with E-state index in [4.69, 9.17) is 0 Å². The van der Waals surface area contributed by atoms with Gasteiger partial charge in [-0.1, -0.05) is 36.0 Å². The molecule has 0 saturated carbocycles. The van der Waals surface area contributed by atoms with Gasteiger partial charge in [0.2, 0.25) is 5.91 Å². The molecule has 1 amide bonds. The van der Waals surface area contributed by atoms with Gasteiger partial charge in [0, 0.05) is 16.8 Å². The zero-order chi connectivity index (χ0) is 18.8. The lowest BCUT2D eigenvalue weighted by Crippen LogP contribution is -2.27. The van der Waals surface area contributed by atoms with E-state index in [0.29, 0.717) is 12.3 Å². The molecule has 1 N–H and O–H groups in total. The highest BCUT2D eigenvalue weighted by Crippen LogP contribution is 2.40. The number of carbonyl (C=O) groups excluding carboxylic acids is 1. The number of nitrogens with one attached hydrogen (secondary N) is 1. The fourth-order valence-electron chi connectivity index (χ4n) is 3.58. The number of carbonyl (C=O) groups is 1. The van der Waals surface area contributed by atoms with Gasteiger partial charge in [-0.2, -0.15) is 0 Å². The lowest BCUT2D eigenvalue weighted by Gasteiger charge is -2.08. The molecule has 1 aliphatic carbocycles. The van der Waals surface area contributed by atoms with Crippen LogP contribution < -0.4 is 5.32 Å². The standard InChI is InChI=1S/C21H23N3OS2/c1-13-6-3-4-7-15(13)10-11-22-18(25)12-26-20-19-16-8-5-9-17(16)27-21(19)24-14(2)23-20/h3-4,6-7H,5,8-12H2,1-2H3,(H,22,25). The van der Waals surface area contributed by atoms with Crippen LogP contribution in [0.25, 0.3) is 10.2 Å². The van der Waals surface area contributed by atoms with Crippen molar-refractivity contribution in [1.82, 2.24) is 15.3 Å². The summed E-state index contributed by atoms with van der Waals surface area (Å²) in [6, 6.07) is 8.31. The molecule has 6 heteroatoms. The SMILES string of the molecule is Cc1nc(SCC(=O)NCCc2ccccc2C)c2c3c(sc2n1)CCC3. The molecule has 2 heterocycles. The minimum atomic E-state index is 0.0601. The topological polar surface area (TPSA) is 54.9 Å². The van der Waals surface area contributed by atoms with Crippen LogP contribution in [0.3, 0.4) is 0 Å². The summed E-state index contributed by atoms with van der Waals surface area (Å²) in [4.78, 5) is 24.1. The fourth-order valence-corrected chi connectivity index (χ4v) is 5.88. The molecule has 0 spiro atoms. The van der Waals surface area contributed by atoms with E-state index in [1.54, 1.807) is 11.3 Å². The molecule has 0 bridgehead atoms. The number of hydrogen-bond acceptors (Lipinski definition) is 5. The van der Waals surface area contributed by atoms with Gasteiger partial charge in [0.15, 0.2) is 0 Å². The van der Waals surface area contributed by atoms with Gasteiger partial charge in [-0.25, -0.2) is 9.97 Å². The third-order valence-electron chi connectivity index (χ3n) is 4.96. The Morgan fingerprint density at radius 1 is 1.22 bits per heavy atom. The van der Waals surface area contributed by atoms with Crippen molar-refractivity contribution in [2.75, 3.05) is 12.3 Å². The van der Waals surface area contributed by atoms with Crippen LogP contribution in [0.1, 0.15) is 33.8 Å². The summed E-state index contributed by atoms with van der Waals surface area (Å²) >= 11 is 3.33. The van der Waals surface area contributed by atoms with Crippen LogP contribution in [0.4, 0.5) is 0 Å². The van der Waals surface area contributed by atoms with Gasteiger partial charge in [-0.05, 0) is 56.2 Å². The van der Waals surface area contributed by atoms with Crippen LogP contribution in [0, 0.1) is 13.8 Å². The number of nitrogens with zero attached hydrogens (tertiary/aromatic N) is 2. The predicted octanol–water partition coefficient (Wildman–Crippen LogP) is 4.25. The van der Waals surface area contributed by atoms with Crippen molar-refractivity contribution in [2.24, 2.45) is 0 Å². The quantitative estimate of drug-likeness (QED) is 0.499. The highest BCUT2D eigenvalue weighted by Gasteiger charge is 2.22. The van der Waals surface area contributed by atoms with Crippen LogP contribution >= 0.6 is 23.1 Å². The third kappa shape index (κ3) is 4.01. The van der Waals surface area contributed by atoms with Crippen LogP contribution in [-0.2, 0) is 24.1 Å². The van der Waals surface area contributed by atoms with Gasteiger partial charge in [0.1, 0.15) is 15.7 Å². The number of hydrogen-bond donors (Lipinski definition) is 1. The van der Waals surface area contributed by atoms with Crippen molar-refractivity contribution in [3.8, 4) is 0 Å². The van der Waals surface area contributed by atoms with E-state index >= 15 is 0 Å². The molecule has 1 aliphatic rings. The fraction of sp³-hybridized carbons (Fsp3) is 0.381. The summed E-state index contributed by atoms with van der Waals surface area (Å²) in [7, 11) is 0. The van der Waals surface area contributed by atoms with Gasteiger partial charge in [0.25, 0.3) is 0 Å². The minimum Gasteiger partial charge on any atom is -0.355 e. The van der Waals surface area contributed by atoms with E-state index in [1.807, 2.05) is 19.1 Å². The maximum absolute atomic E-state index is 12.3. The molecule has 0 radical (unpaired) electrons. The minimum absolute atomic E-state index is 0.0601. The Labute approximate surface area is 167 Å². The van der Waals surface area contributed by atoms with Crippen molar-refractivity contribution < 1.29 is 4.79 Å². The lowest BCUT2D eigenvalue weighted by atomic mass is 10.1. The van der Waals surface area contributed by atoms with Gasteiger partial charge in [0.05, 0.1) is 5.75 Å². The normalized spacial score (nSPS) is 13.1. The van der Waals surface area contributed by atoms with Gasteiger partial charge < -0.3 is 5.32 Å². The largest absolute Gasteiger partial charge is 0.355 e. The second-order valence-electron chi connectivity index (χ2n) is 6.93. The summed E-state index contributed by atoms with van der Waals surface area (Å²) in [5, 5.41) is 5.19. The van der Waals surface area contributed by atoms with E-state index in [-0.39, 0.29) is 5.91 Å². The third-order valence-corrected chi connectivity index (χ3v) is 7.12. The Balaban J connectivity index is 1.38. The van der Waals surface area contributed by atoms with E-state index in [9.17, 15) is 4.79 Å².